The Balaban J connectivity index is 0. The Kier molecular flexibility index (Phi) is 20.0. The van der Waals surface area contributed by atoms with Crippen molar-refractivity contribution in [1.82, 2.24) is 0 Å². The Morgan fingerprint density at radius 1 is 0.950 bits per heavy atom. The lowest BCUT2D eigenvalue weighted by Crippen LogP contribution is -1.97. The molecule has 2 N–H and O–H groups in total. The van der Waals surface area contributed by atoms with Crippen molar-refractivity contribution in [2.45, 2.75) is 77.6 Å². The number of rotatable bonds is 12. The zero-order chi connectivity index (χ0) is 15.6. The Morgan fingerprint density at radius 3 is 1.75 bits per heavy atom. The summed E-state index contributed by atoms with van der Waals surface area (Å²) in [4.78, 5) is 21.1. The van der Waals surface area contributed by atoms with E-state index in [1.807, 2.05) is 0 Å². The molecule has 0 amide bonds. The van der Waals surface area contributed by atoms with Gasteiger partial charge in [0.2, 0.25) is 0 Å². The van der Waals surface area contributed by atoms with E-state index in [-0.39, 0.29) is 12.2 Å². The fraction of sp³-hybridized carbons (Fsp3) is 0.857. The van der Waals surface area contributed by atoms with Crippen molar-refractivity contribution < 1.29 is 22.9 Å². The maximum absolute atomic E-state index is 11.0. The van der Waals surface area contributed by atoms with Crippen LogP contribution in [-0.2, 0) is 21.0 Å². The number of unbranched alkanes of at least 4 members (excludes halogenated alkanes) is 8. The quantitative estimate of drug-likeness (QED) is 0.248. The third-order valence-electron chi connectivity index (χ3n) is 2.87. The number of carbonyl (C=O) groups excluding carboxylic acids is 2. The van der Waals surface area contributed by atoms with E-state index in [1.165, 1.54) is 44.9 Å². The standard InChI is InChI=1S/C14H26O2.H2O3S/c1-2-3-4-5-6-7-8-9-10-11-14(16)12-13-15;1-4(2)3/h13H,2-12H2,1H3;(H2,1,2,3). The molecule has 0 bridgehead atoms. The lowest BCUT2D eigenvalue weighted by molar-refractivity contribution is -0.122. The molecule has 0 aromatic heterocycles. The Bertz CT molecular complexity index is 252. The number of hydrogen-bond acceptors (Lipinski definition) is 3. The average molecular weight is 308 g/mol. The maximum Gasteiger partial charge on any atom is 0.299 e. The van der Waals surface area contributed by atoms with Crippen molar-refractivity contribution in [3.63, 3.8) is 0 Å². The number of hydrogen-bond donors (Lipinski definition) is 2. The molecule has 0 saturated heterocycles. The summed E-state index contributed by atoms with van der Waals surface area (Å²) in [6, 6.07) is 0. The lowest BCUT2D eigenvalue weighted by atomic mass is 10.1. The van der Waals surface area contributed by atoms with Crippen LogP contribution in [-0.4, -0.2) is 25.4 Å². The zero-order valence-electron chi connectivity index (χ0n) is 12.4. The number of aldehydes is 1. The van der Waals surface area contributed by atoms with Gasteiger partial charge in [-0.1, -0.05) is 58.3 Å². The molecule has 0 aromatic carbocycles. The van der Waals surface area contributed by atoms with E-state index in [1.54, 1.807) is 0 Å². The smallest absolute Gasteiger partial charge is 0.299 e. The van der Waals surface area contributed by atoms with Crippen LogP contribution in [0, 0.1) is 0 Å². The Morgan fingerprint density at radius 2 is 1.35 bits per heavy atom. The monoisotopic (exact) mass is 308 g/mol. The van der Waals surface area contributed by atoms with E-state index in [9.17, 15) is 9.59 Å². The summed E-state index contributed by atoms with van der Waals surface area (Å²) in [6.45, 7) is 2.23. The summed E-state index contributed by atoms with van der Waals surface area (Å²) >= 11 is -2.61. The molecule has 20 heavy (non-hydrogen) atoms. The van der Waals surface area contributed by atoms with Gasteiger partial charge in [-0.2, -0.15) is 4.21 Å². The second-order valence-corrected chi connectivity index (χ2v) is 5.18. The number of ketones is 1. The molecular formula is C14H28O5S. The fourth-order valence-electron chi connectivity index (χ4n) is 1.83. The van der Waals surface area contributed by atoms with Gasteiger partial charge in [-0.05, 0) is 6.42 Å². The first-order valence-electron chi connectivity index (χ1n) is 7.29. The molecule has 0 atom stereocenters. The first-order valence-corrected chi connectivity index (χ1v) is 8.36. The summed E-state index contributed by atoms with van der Waals surface area (Å²) in [6.07, 6.45) is 12.8. The summed E-state index contributed by atoms with van der Waals surface area (Å²) < 4.78 is 22.8. The van der Waals surface area contributed by atoms with Gasteiger partial charge in [-0.15, -0.1) is 0 Å². The third-order valence-corrected chi connectivity index (χ3v) is 2.87. The molecule has 0 aliphatic rings. The SMILES string of the molecule is CCCCCCCCCCCC(=O)CC=O.O=S(O)O. The highest BCUT2D eigenvalue weighted by atomic mass is 32.2. The van der Waals surface area contributed by atoms with Crippen molar-refractivity contribution in [3.05, 3.63) is 0 Å². The van der Waals surface area contributed by atoms with Crippen molar-refractivity contribution in [2.75, 3.05) is 0 Å². The minimum Gasteiger partial charge on any atom is -0.303 e. The van der Waals surface area contributed by atoms with E-state index >= 15 is 0 Å². The van der Waals surface area contributed by atoms with E-state index in [2.05, 4.69) is 6.92 Å². The molecule has 0 rings (SSSR count). The van der Waals surface area contributed by atoms with Gasteiger partial charge in [0.1, 0.15) is 12.1 Å². The molecule has 0 aliphatic heterocycles. The van der Waals surface area contributed by atoms with Crippen LogP contribution in [0.25, 0.3) is 0 Å². The predicted octanol–water partition coefficient (Wildman–Crippen LogP) is 3.75. The number of Topliss-reactive ketones (excluding diaryl/α,β-unsaturated/α-hetero) is 1. The van der Waals surface area contributed by atoms with Crippen molar-refractivity contribution in [1.29, 1.82) is 0 Å². The molecule has 120 valence electrons. The third kappa shape index (κ3) is 26.1. The van der Waals surface area contributed by atoms with Crippen LogP contribution in [0.4, 0.5) is 0 Å². The molecular weight excluding hydrogens is 280 g/mol. The van der Waals surface area contributed by atoms with Crippen LogP contribution >= 0.6 is 0 Å². The summed E-state index contributed by atoms with van der Waals surface area (Å²) in [5, 5.41) is 0. The second-order valence-electron chi connectivity index (χ2n) is 4.72. The minimum atomic E-state index is -2.61. The summed E-state index contributed by atoms with van der Waals surface area (Å²) in [7, 11) is 0. The maximum atomic E-state index is 11.0. The van der Waals surface area contributed by atoms with Gasteiger partial charge in [0, 0.05) is 6.42 Å². The normalized spacial score (nSPS) is 10.0. The van der Waals surface area contributed by atoms with Crippen LogP contribution in [0.15, 0.2) is 0 Å². The van der Waals surface area contributed by atoms with Crippen LogP contribution in [0.2, 0.25) is 0 Å². The highest BCUT2D eigenvalue weighted by Gasteiger charge is 1.99. The first-order chi connectivity index (χ1) is 9.54. The average Bonchev–Trinajstić information content (AvgIpc) is 2.36. The molecule has 0 unspecified atom stereocenters. The predicted molar refractivity (Wildman–Crippen MR) is 80.9 cm³/mol. The molecule has 6 heteroatoms. The van der Waals surface area contributed by atoms with Gasteiger partial charge in [-0.3, -0.25) is 13.9 Å². The van der Waals surface area contributed by atoms with Gasteiger partial charge in [-0.25, -0.2) is 0 Å². The molecule has 0 fully saturated rings. The van der Waals surface area contributed by atoms with E-state index in [0.29, 0.717) is 12.7 Å². The zero-order valence-corrected chi connectivity index (χ0v) is 13.2. The molecule has 0 heterocycles. The van der Waals surface area contributed by atoms with Gasteiger partial charge in [0.25, 0.3) is 11.4 Å². The second kappa shape index (κ2) is 18.4. The van der Waals surface area contributed by atoms with Crippen LogP contribution in [0.1, 0.15) is 77.6 Å². The van der Waals surface area contributed by atoms with Gasteiger partial charge in [0.05, 0.1) is 6.42 Å². The molecule has 5 nitrogen and oxygen atoms in total. The summed E-state index contributed by atoms with van der Waals surface area (Å²) in [5.74, 6) is 0.0953. The highest BCUT2D eigenvalue weighted by molar-refractivity contribution is 7.73. The molecule has 0 aliphatic carbocycles. The highest BCUT2D eigenvalue weighted by Crippen LogP contribution is 2.10. The van der Waals surface area contributed by atoms with Crippen molar-refractivity contribution >= 4 is 23.4 Å². The van der Waals surface area contributed by atoms with Gasteiger partial charge < -0.3 is 4.79 Å². The number of carbonyl (C=O) groups is 2. The van der Waals surface area contributed by atoms with Crippen LogP contribution in [0.3, 0.4) is 0 Å². The molecule has 0 spiro atoms. The summed E-state index contributed by atoms with van der Waals surface area (Å²) in [5.41, 5.74) is 0. The molecule has 0 radical (unpaired) electrons. The minimum absolute atomic E-state index is 0.0953. The van der Waals surface area contributed by atoms with E-state index < -0.39 is 11.4 Å². The molecule has 0 aromatic rings. The fourth-order valence-corrected chi connectivity index (χ4v) is 1.83. The Labute approximate surface area is 124 Å². The van der Waals surface area contributed by atoms with E-state index in [0.717, 1.165) is 12.8 Å². The van der Waals surface area contributed by atoms with E-state index in [4.69, 9.17) is 13.3 Å². The van der Waals surface area contributed by atoms with Crippen LogP contribution in [0.5, 0.6) is 0 Å². The largest absolute Gasteiger partial charge is 0.303 e. The molecule has 0 saturated carbocycles. The van der Waals surface area contributed by atoms with Gasteiger partial charge >= 0.3 is 0 Å². The van der Waals surface area contributed by atoms with Crippen LogP contribution < -0.4 is 0 Å². The van der Waals surface area contributed by atoms with Crippen molar-refractivity contribution in [3.8, 4) is 0 Å². The lowest BCUT2D eigenvalue weighted by Gasteiger charge is -2.01. The Hall–Kier alpha value is -0.590. The topological polar surface area (TPSA) is 91.7 Å². The first kappa shape index (κ1) is 21.7. The van der Waals surface area contributed by atoms with Gasteiger partial charge in [0.15, 0.2) is 0 Å². The van der Waals surface area contributed by atoms with Crippen molar-refractivity contribution in [2.24, 2.45) is 0 Å².